The van der Waals surface area contributed by atoms with E-state index in [9.17, 15) is 14.7 Å². The quantitative estimate of drug-likeness (QED) is 0.218. The van der Waals surface area contributed by atoms with Gasteiger partial charge >= 0.3 is 5.97 Å². The summed E-state index contributed by atoms with van der Waals surface area (Å²) in [5, 5.41) is 11.7. The summed E-state index contributed by atoms with van der Waals surface area (Å²) in [7, 11) is 0. The zero-order chi connectivity index (χ0) is 27.4. The molecule has 8 nitrogen and oxygen atoms in total. The van der Waals surface area contributed by atoms with E-state index >= 15 is 0 Å². The Morgan fingerprint density at radius 1 is 1.03 bits per heavy atom. The van der Waals surface area contributed by atoms with Crippen LogP contribution in [0.2, 0.25) is 0 Å². The van der Waals surface area contributed by atoms with Crippen molar-refractivity contribution in [2.45, 2.75) is 33.2 Å². The minimum atomic E-state index is -0.551. The van der Waals surface area contributed by atoms with Gasteiger partial charge in [-0.25, -0.2) is 9.79 Å². The zero-order valence-electron chi connectivity index (χ0n) is 22.0. The molecule has 38 heavy (non-hydrogen) atoms. The number of nitrogens with zero attached hydrogens (tertiary/aromatic N) is 2. The van der Waals surface area contributed by atoms with E-state index in [1.807, 2.05) is 68.4 Å². The molecule has 0 saturated heterocycles. The molecule has 0 aliphatic rings. The monoisotopic (exact) mass is 512 g/mol. The highest BCUT2D eigenvalue weighted by atomic mass is 16.5. The number of carbonyl (C=O) groups excluding carboxylic acids is 2. The molecule has 0 atom stereocenters. The number of ether oxygens (including phenoxy) is 1. The summed E-state index contributed by atoms with van der Waals surface area (Å²) in [6.45, 7) is 7.68. The van der Waals surface area contributed by atoms with Gasteiger partial charge in [-0.15, -0.1) is 0 Å². The molecular formula is C30H32N4O4. The Kier molecular flexibility index (Phi) is 7.64. The first-order valence-electron chi connectivity index (χ1n) is 12.4. The van der Waals surface area contributed by atoms with Gasteiger partial charge in [0.2, 0.25) is 5.91 Å². The maximum atomic E-state index is 12.4. The molecule has 0 bridgehead atoms. The highest BCUT2D eigenvalue weighted by Gasteiger charge is 2.29. The number of fused-ring (bicyclic) bond motifs is 1. The summed E-state index contributed by atoms with van der Waals surface area (Å²) >= 11 is 0. The zero-order valence-corrected chi connectivity index (χ0v) is 22.0. The Morgan fingerprint density at radius 2 is 1.71 bits per heavy atom. The number of nitrogens with two attached hydrogens (primary N) is 1. The van der Waals surface area contributed by atoms with Crippen molar-refractivity contribution < 1.29 is 19.4 Å². The summed E-state index contributed by atoms with van der Waals surface area (Å²) < 4.78 is 5.11. The van der Waals surface area contributed by atoms with E-state index < -0.39 is 11.5 Å². The molecule has 1 amide bonds. The molecule has 0 aliphatic heterocycles. The number of nitrogens with one attached hydrogen (secondary N) is 1. The van der Waals surface area contributed by atoms with Crippen LogP contribution in [0.15, 0.2) is 77.8 Å². The van der Waals surface area contributed by atoms with Gasteiger partial charge in [-0.05, 0) is 63.2 Å². The van der Waals surface area contributed by atoms with Gasteiger partial charge in [-0.2, -0.15) is 0 Å². The van der Waals surface area contributed by atoms with Crippen molar-refractivity contribution in [3.8, 4) is 5.75 Å². The normalized spacial score (nSPS) is 12.0. The van der Waals surface area contributed by atoms with E-state index in [1.54, 1.807) is 30.0 Å². The molecule has 4 rings (SSSR count). The van der Waals surface area contributed by atoms with Crippen LogP contribution in [0.4, 0.5) is 11.4 Å². The molecule has 1 aromatic heterocycles. The van der Waals surface area contributed by atoms with Crippen LogP contribution in [0.25, 0.3) is 10.9 Å². The maximum Gasteiger partial charge on any atom is 0.338 e. The molecule has 8 heteroatoms. The molecule has 0 spiro atoms. The minimum absolute atomic E-state index is 0.0297. The summed E-state index contributed by atoms with van der Waals surface area (Å²) in [5.74, 6) is -0.506. The van der Waals surface area contributed by atoms with Crippen LogP contribution in [0, 0.1) is 0 Å². The third-order valence-electron chi connectivity index (χ3n) is 6.33. The summed E-state index contributed by atoms with van der Waals surface area (Å²) in [5.41, 5.74) is 9.43. The van der Waals surface area contributed by atoms with Crippen molar-refractivity contribution in [3.05, 3.63) is 89.6 Å². The van der Waals surface area contributed by atoms with E-state index in [0.717, 1.165) is 5.56 Å². The lowest BCUT2D eigenvalue weighted by Crippen LogP contribution is -2.52. The number of rotatable bonds is 8. The summed E-state index contributed by atoms with van der Waals surface area (Å²) in [6.07, 6.45) is 0. The first-order chi connectivity index (χ1) is 18.2. The van der Waals surface area contributed by atoms with Crippen molar-refractivity contribution in [2.24, 2.45) is 10.7 Å². The van der Waals surface area contributed by atoms with Crippen LogP contribution in [-0.4, -0.2) is 46.4 Å². The number of esters is 1. The summed E-state index contributed by atoms with van der Waals surface area (Å²) in [4.78, 5) is 34.4. The van der Waals surface area contributed by atoms with Crippen LogP contribution in [-0.2, 0) is 9.53 Å². The van der Waals surface area contributed by atoms with Crippen molar-refractivity contribution in [2.75, 3.05) is 18.1 Å². The number of H-pyrrole nitrogens is 1. The fourth-order valence-electron chi connectivity index (χ4n) is 4.41. The number of carbonyl (C=O) groups is 2. The van der Waals surface area contributed by atoms with Crippen LogP contribution in [0.3, 0.4) is 0 Å². The maximum absolute atomic E-state index is 12.4. The van der Waals surface area contributed by atoms with Gasteiger partial charge in [0.1, 0.15) is 5.69 Å². The molecular weight excluding hydrogens is 480 g/mol. The Balaban J connectivity index is 1.80. The predicted molar refractivity (Wildman–Crippen MR) is 150 cm³/mol. The van der Waals surface area contributed by atoms with Gasteiger partial charge in [-0.3, -0.25) is 4.79 Å². The molecule has 0 unspecified atom stereocenters. The predicted octanol–water partition coefficient (Wildman–Crippen LogP) is 5.31. The van der Waals surface area contributed by atoms with Crippen LogP contribution in [0.5, 0.6) is 5.75 Å². The van der Waals surface area contributed by atoms with Crippen molar-refractivity contribution in [1.82, 2.24) is 4.98 Å². The summed E-state index contributed by atoms with van der Waals surface area (Å²) in [6, 6.07) is 21.8. The van der Waals surface area contributed by atoms with Gasteiger partial charge in [0.05, 0.1) is 34.6 Å². The van der Waals surface area contributed by atoms with Crippen molar-refractivity contribution >= 4 is 39.9 Å². The van der Waals surface area contributed by atoms with Crippen LogP contribution < -0.4 is 10.6 Å². The van der Waals surface area contributed by atoms with E-state index in [1.165, 1.54) is 6.92 Å². The fourth-order valence-corrected chi connectivity index (χ4v) is 4.41. The SMILES string of the molecule is CCOC(=O)c1ccc2c(O)c(C(=Nc3ccc(N(C(C)=O)C(C)(C)CN)cc3)c3ccccc3)[nH]c2c1. The first-order valence-corrected chi connectivity index (χ1v) is 12.4. The van der Waals surface area contributed by atoms with Gasteiger partial charge in [0.15, 0.2) is 5.75 Å². The minimum Gasteiger partial charge on any atom is -0.505 e. The van der Waals surface area contributed by atoms with Gasteiger partial charge in [0, 0.05) is 30.1 Å². The average Bonchev–Trinajstić information content (AvgIpc) is 3.23. The Morgan fingerprint density at radius 3 is 2.32 bits per heavy atom. The van der Waals surface area contributed by atoms with E-state index in [4.69, 9.17) is 15.5 Å². The van der Waals surface area contributed by atoms with Gasteiger partial charge in [-0.1, -0.05) is 30.3 Å². The fraction of sp³-hybridized carbons (Fsp3) is 0.233. The van der Waals surface area contributed by atoms with Gasteiger partial charge in [0.25, 0.3) is 0 Å². The second kappa shape index (κ2) is 10.9. The van der Waals surface area contributed by atoms with Crippen molar-refractivity contribution in [1.29, 1.82) is 0 Å². The average molecular weight is 513 g/mol. The molecule has 196 valence electrons. The second-order valence-electron chi connectivity index (χ2n) is 9.54. The highest BCUT2D eigenvalue weighted by molar-refractivity contribution is 6.17. The Hall–Kier alpha value is -4.43. The Labute approximate surface area is 221 Å². The molecule has 4 aromatic rings. The standard InChI is InChI=1S/C30H32N4O4/c1-5-38-29(37)21-11-16-24-25(17-21)33-27(28(24)36)26(20-9-7-6-8-10-20)32-22-12-14-23(15-13-22)34(19(2)35)30(3,4)18-31/h6-17,33,36H,5,18,31H2,1-4H3. The number of aromatic nitrogens is 1. The van der Waals surface area contributed by atoms with E-state index in [-0.39, 0.29) is 18.3 Å². The first kappa shape index (κ1) is 26.6. The number of benzene rings is 3. The largest absolute Gasteiger partial charge is 0.505 e. The lowest BCUT2D eigenvalue weighted by Gasteiger charge is -2.37. The number of aliphatic imine (C=N–C) groups is 1. The molecule has 0 radical (unpaired) electrons. The lowest BCUT2D eigenvalue weighted by atomic mass is 10.0. The number of hydrogen-bond acceptors (Lipinski definition) is 6. The van der Waals surface area contributed by atoms with Crippen molar-refractivity contribution in [3.63, 3.8) is 0 Å². The molecule has 0 aliphatic carbocycles. The molecule has 4 N–H and O–H groups in total. The smallest absolute Gasteiger partial charge is 0.338 e. The molecule has 1 heterocycles. The third-order valence-corrected chi connectivity index (χ3v) is 6.33. The number of hydrogen-bond donors (Lipinski definition) is 3. The number of aromatic hydroxyl groups is 1. The number of amides is 1. The Bertz CT molecular complexity index is 1490. The lowest BCUT2D eigenvalue weighted by molar-refractivity contribution is -0.117. The molecule has 0 saturated carbocycles. The molecule has 0 fully saturated rings. The van der Waals surface area contributed by atoms with Crippen LogP contribution in [0.1, 0.15) is 49.3 Å². The van der Waals surface area contributed by atoms with E-state index in [2.05, 4.69) is 4.98 Å². The van der Waals surface area contributed by atoms with Crippen LogP contribution >= 0.6 is 0 Å². The third kappa shape index (κ3) is 5.31. The van der Waals surface area contributed by atoms with Gasteiger partial charge < -0.3 is 25.5 Å². The highest BCUT2D eigenvalue weighted by Crippen LogP contribution is 2.33. The number of aromatic amines is 1. The second-order valence-corrected chi connectivity index (χ2v) is 9.54. The van der Waals surface area contributed by atoms with E-state index in [0.29, 0.717) is 45.8 Å². The number of anilines is 1. The topological polar surface area (TPSA) is 121 Å². The molecule has 3 aromatic carbocycles.